The van der Waals surface area contributed by atoms with E-state index < -0.39 is 0 Å². The second-order valence-electron chi connectivity index (χ2n) is 2.38. The summed E-state index contributed by atoms with van der Waals surface area (Å²) < 4.78 is 5.24. The van der Waals surface area contributed by atoms with Crippen molar-refractivity contribution in [2.75, 3.05) is 0 Å². The van der Waals surface area contributed by atoms with Crippen LogP contribution in [0.4, 0.5) is 0 Å². The number of nitrogens with zero attached hydrogens (tertiary/aromatic N) is 2. The van der Waals surface area contributed by atoms with Crippen molar-refractivity contribution in [3.63, 3.8) is 0 Å². The molecule has 60 valence electrons. The molecule has 1 heterocycles. The van der Waals surface area contributed by atoms with Crippen LogP contribution in [0.3, 0.4) is 0 Å². The van der Waals surface area contributed by atoms with Crippen LogP contribution in [-0.2, 0) is 0 Å². The molecule has 0 fully saturated rings. The summed E-state index contributed by atoms with van der Waals surface area (Å²) in [5.41, 5.74) is 0. The van der Waals surface area contributed by atoms with Crippen molar-refractivity contribution in [3.8, 4) is 5.88 Å². The molecule has 0 aliphatic carbocycles. The highest BCUT2D eigenvalue weighted by atomic mass is 35.5. The third-order valence-electron chi connectivity index (χ3n) is 0.955. The number of rotatable bonds is 2. The van der Waals surface area contributed by atoms with Gasteiger partial charge in [0.15, 0.2) is 0 Å². The van der Waals surface area contributed by atoms with E-state index in [1.54, 1.807) is 6.07 Å². The second kappa shape index (κ2) is 3.53. The minimum atomic E-state index is 0.0998. The molecule has 0 atom stereocenters. The number of aromatic nitrogens is 2. The van der Waals surface area contributed by atoms with Crippen LogP contribution in [0.1, 0.15) is 13.8 Å². The van der Waals surface area contributed by atoms with E-state index in [0.717, 1.165) is 0 Å². The highest BCUT2D eigenvalue weighted by Gasteiger charge is 1.99. The first-order valence-electron chi connectivity index (χ1n) is 3.33. The van der Waals surface area contributed by atoms with Crippen LogP contribution in [0.5, 0.6) is 5.88 Å². The van der Waals surface area contributed by atoms with Gasteiger partial charge in [-0.25, -0.2) is 0 Å². The topological polar surface area (TPSA) is 35.0 Å². The van der Waals surface area contributed by atoms with Gasteiger partial charge < -0.3 is 4.74 Å². The van der Waals surface area contributed by atoms with Crippen LogP contribution in [0.2, 0.25) is 5.02 Å². The third kappa shape index (κ3) is 2.72. The summed E-state index contributed by atoms with van der Waals surface area (Å²) in [5, 5.41) is 7.89. The minimum Gasteiger partial charge on any atom is -0.474 e. The van der Waals surface area contributed by atoms with E-state index in [9.17, 15) is 0 Å². The minimum absolute atomic E-state index is 0.0998. The smallest absolute Gasteiger partial charge is 0.235 e. The zero-order valence-electron chi connectivity index (χ0n) is 6.41. The molecule has 1 aromatic rings. The molecule has 1 rings (SSSR count). The Kier molecular flexibility index (Phi) is 2.65. The molecule has 0 aromatic carbocycles. The largest absolute Gasteiger partial charge is 0.474 e. The zero-order chi connectivity index (χ0) is 8.27. The fraction of sp³-hybridized carbons (Fsp3) is 0.429. The normalized spacial score (nSPS) is 10.2. The maximum atomic E-state index is 5.65. The van der Waals surface area contributed by atoms with Crippen LogP contribution < -0.4 is 4.74 Å². The number of hydrogen-bond acceptors (Lipinski definition) is 3. The molecule has 0 bridgehead atoms. The highest BCUT2D eigenvalue weighted by molar-refractivity contribution is 6.30. The van der Waals surface area contributed by atoms with Gasteiger partial charge in [-0.2, -0.15) is 5.10 Å². The van der Waals surface area contributed by atoms with Crippen LogP contribution in [0.25, 0.3) is 0 Å². The number of halogens is 1. The van der Waals surface area contributed by atoms with Gasteiger partial charge in [-0.15, -0.1) is 5.10 Å². The van der Waals surface area contributed by atoms with Crippen molar-refractivity contribution >= 4 is 11.6 Å². The quantitative estimate of drug-likeness (QED) is 0.684. The second-order valence-corrected chi connectivity index (χ2v) is 2.82. The van der Waals surface area contributed by atoms with E-state index in [0.29, 0.717) is 10.9 Å². The molecule has 0 spiro atoms. The lowest BCUT2D eigenvalue weighted by atomic mass is 10.5. The molecule has 3 nitrogen and oxygen atoms in total. The summed E-state index contributed by atoms with van der Waals surface area (Å²) in [6.07, 6.45) is 1.57. The van der Waals surface area contributed by atoms with E-state index in [4.69, 9.17) is 16.3 Å². The van der Waals surface area contributed by atoms with Crippen molar-refractivity contribution in [1.82, 2.24) is 10.2 Å². The van der Waals surface area contributed by atoms with E-state index in [2.05, 4.69) is 10.2 Å². The summed E-state index contributed by atoms with van der Waals surface area (Å²) in [6, 6.07) is 1.63. The molecule has 0 radical (unpaired) electrons. The van der Waals surface area contributed by atoms with Crippen LogP contribution >= 0.6 is 11.6 Å². The number of ether oxygens (including phenoxy) is 1. The first-order chi connectivity index (χ1) is 5.18. The van der Waals surface area contributed by atoms with Gasteiger partial charge in [0, 0.05) is 6.07 Å². The fourth-order valence-electron chi connectivity index (χ4n) is 0.624. The van der Waals surface area contributed by atoms with Crippen LogP contribution in [-0.4, -0.2) is 16.3 Å². The van der Waals surface area contributed by atoms with Crippen LogP contribution in [0.15, 0.2) is 12.3 Å². The standard InChI is InChI=1S/C7H9ClN2O/c1-5(2)11-7-3-6(8)4-9-10-7/h3-5H,1-2H3. The molecule has 1 aromatic heterocycles. The maximum Gasteiger partial charge on any atom is 0.235 e. The first kappa shape index (κ1) is 8.27. The predicted molar refractivity (Wildman–Crippen MR) is 42.8 cm³/mol. The Bertz CT molecular complexity index is 240. The SMILES string of the molecule is CC(C)Oc1cc(Cl)cnn1. The zero-order valence-corrected chi connectivity index (χ0v) is 7.17. The van der Waals surface area contributed by atoms with Gasteiger partial charge in [-0.3, -0.25) is 0 Å². The van der Waals surface area contributed by atoms with Gasteiger partial charge in [-0.05, 0) is 13.8 Å². The molecule has 0 saturated carbocycles. The van der Waals surface area contributed by atoms with E-state index in [1.807, 2.05) is 13.8 Å². The Balaban J connectivity index is 2.71. The fourth-order valence-corrected chi connectivity index (χ4v) is 0.761. The Hall–Kier alpha value is -0.830. The first-order valence-corrected chi connectivity index (χ1v) is 3.71. The monoisotopic (exact) mass is 172 g/mol. The molecular formula is C7H9ClN2O. The maximum absolute atomic E-state index is 5.65. The summed E-state index contributed by atoms with van der Waals surface area (Å²) in [7, 11) is 0. The van der Waals surface area contributed by atoms with Gasteiger partial charge in [0.2, 0.25) is 5.88 Å². The molecule has 4 heteroatoms. The summed E-state index contributed by atoms with van der Waals surface area (Å²) in [5.74, 6) is 0.465. The summed E-state index contributed by atoms with van der Waals surface area (Å²) >= 11 is 5.65. The van der Waals surface area contributed by atoms with Gasteiger partial charge in [0.25, 0.3) is 0 Å². The van der Waals surface area contributed by atoms with E-state index >= 15 is 0 Å². The van der Waals surface area contributed by atoms with Gasteiger partial charge in [0.1, 0.15) is 0 Å². The van der Waals surface area contributed by atoms with Crippen molar-refractivity contribution in [3.05, 3.63) is 17.3 Å². The lowest BCUT2D eigenvalue weighted by Gasteiger charge is -2.06. The van der Waals surface area contributed by atoms with Gasteiger partial charge in [0.05, 0.1) is 17.3 Å². The van der Waals surface area contributed by atoms with Gasteiger partial charge in [-0.1, -0.05) is 11.6 Å². The molecule has 0 N–H and O–H groups in total. The average molecular weight is 173 g/mol. The summed E-state index contributed by atoms with van der Waals surface area (Å²) in [6.45, 7) is 3.84. The van der Waals surface area contributed by atoms with Gasteiger partial charge >= 0.3 is 0 Å². The van der Waals surface area contributed by atoms with Crippen molar-refractivity contribution < 1.29 is 4.74 Å². The molecule has 0 amide bonds. The lowest BCUT2D eigenvalue weighted by Crippen LogP contribution is -2.07. The molecule has 11 heavy (non-hydrogen) atoms. The molecular weight excluding hydrogens is 164 g/mol. The lowest BCUT2D eigenvalue weighted by molar-refractivity contribution is 0.230. The predicted octanol–water partition coefficient (Wildman–Crippen LogP) is 1.92. The Morgan fingerprint density at radius 3 is 2.82 bits per heavy atom. The Labute approximate surface area is 70.4 Å². The highest BCUT2D eigenvalue weighted by Crippen LogP contribution is 2.12. The molecule has 0 aliphatic rings. The average Bonchev–Trinajstić information content (AvgIpc) is 1.85. The molecule has 0 saturated heterocycles. The molecule has 0 aliphatic heterocycles. The summed E-state index contributed by atoms with van der Waals surface area (Å²) in [4.78, 5) is 0. The van der Waals surface area contributed by atoms with Crippen molar-refractivity contribution in [1.29, 1.82) is 0 Å². The molecule has 0 unspecified atom stereocenters. The van der Waals surface area contributed by atoms with Crippen molar-refractivity contribution in [2.45, 2.75) is 20.0 Å². The third-order valence-corrected chi connectivity index (χ3v) is 1.16. The Morgan fingerprint density at radius 2 is 2.27 bits per heavy atom. The van der Waals surface area contributed by atoms with Crippen LogP contribution in [0, 0.1) is 0 Å². The number of hydrogen-bond donors (Lipinski definition) is 0. The Morgan fingerprint density at radius 1 is 1.55 bits per heavy atom. The van der Waals surface area contributed by atoms with E-state index in [-0.39, 0.29) is 6.10 Å². The van der Waals surface area contributed by atoms with Crippen molar-refractivity contribution in [2.24, 2.45) is 0 Å². The van der Waals surface area contributed by atoms with E-state index in [1.165, 1.54) is 6.20 Å².